The number of aryl methyl sites for hydroxylation is 1. The van der Waals surface area contributed by atoms with Crippen LogP contribution in [-0.4, -0.2) is 57.2 Å². The molecule has 13 heteroatoms. The average Bonchev–Trinajstić information content (AvgIpc) is 3.78. The first-order valence-electron chi connectivity index (χ1n) is 15.1. The number of benzene rings is 2. The van der Waals surface area contributed by atoms with Crippen LogP contribution in [0.4, 0.5) is 4.79 Å². The summed E-state index contributed by atoms with van der Waals surface area (Å²) in [7, 11) is 3.16. The normalized spacial score (nSPS) is 15.8. The summed E-state index contributed by atoms with van der Waals surface area (Å²) in [5.41, 5.74) is 5.45. The molecule has 242 valence electrons. The highest BCUT2D eigenvalue weighted by Crippen LogP contribution is 2.37. The van der Waals surface area contributed by atoms with Crippen LogP contribution >= 0.6 is 0 Å². The third-order valence-corrected chi connectivity index (χ3v) is 7.58. The molecule has 0 aliphatic heterocycles. The highest BCUT2D eigenvalue weighted by Gasteiger charge is 2.34. The van der Waals surface area contributed by atoms with Gasteiger partial charge in [0.2, 0.25) is 0 Å². The molecule has 2 atom stereocenters. The second-order valence-corrected chi connectivity index (χ2v) is 11.3. The molecule has 0 radical (unpaired) electrons. The summed E-state index contributed by atoms with van der Waals surface area (Å²) in [6, 6.07) is 16.2. The zero-order valence-corrected chi connectivity index (χ0v) is 26.3. The molecule has 1 fully saturated rings. The molecule has 4 aromatic rings. The summed E-state index contributed by atoms with van der Waals surface area (Å²) in [4.78, 5) is 39.1. The van der Waals surface area contributed by atoms with Gasteiger partial charge in [-0.25, -0.2) is 10.2 Å². The van der Waals surface area contributed by atoms with Crippen LogP contribution in [-0.2, 0) is 25.0 Å². The fraction of sp³-hybridized carbons (Fsp3) is 0.364. The Morgan fingerprint density at radius 3 is 2.48 bits per heavy atom. The summed E-state index contributed by atoms with van der Waals surface area (Å²) in [6.07, 6.45) is 3.87. The maximum Gasteiger partial charge on any atom is 0.407 e. The van der Waals surface area contributed by atoms with Gasteiger partial charge in [-0.1, -0.05) is 30.3 Å². The van der Waals surface area contributed by atoms with E-state index in [1.54, 1.807) is 31.4 Å². The van der Waals surface area contributed by atoms with E-state index in [1.807, 2.05) is 50.2 Å². The Labute approximate surface area is 266 Å². The van der Waals surface area contributed by atoms with Crippen molar-refractivity contribution in [2.75, 3.05) is 12.5 Å². The van der Waals surface area contributed by atoms with Gasteiger partial charge in [-0.2, -0.15) is 15.0 Å². The quantitative estimate of drug-likeness (QED) is 0.200. The summed E-state index contributed by atoms with van der Waals surface area (Å²) in [5, 5.41) is 11.5. The fourth-order valence-electron chi connectivity index (χ4n) is 5.40. The third kappa shape index (κ3) is 7.65. The minimum atomic E-state index is -0.461. The number of aldehydes is 1. The largest absolute Gasteiger partial charge is 0.496 e. The summed E-state index contributed by atoms with van der Waals surface area (Å²) in [5.74, 6) is 0.471. The first-order chi connectivity index (χ1) is 22.2. The third-order valence-electron chi connectivity index (χ3n) is 7.58. The van der Waals surface area contributed by atoms with Crippen molar-refractivity contribution < 1.29 is 33.3 Å². The maximum absolute atomic E-state index is 13.3. The number of rotatable bonds is 13. The molecule has 1 aliphatic carbocycles. The van der Waals surface area contributed by atoms with Crippen LogP contribution in [0.1, 0.15) is 76.8 Å². The van der Waals surface area contributed by atoms with E-state index in [0.717, 1.165) is 30.5 Å². The zero-order valence-electron chi connectivity index (χ0n) is 26.3. The van der Waals surface area contributed by atoms with Gasteiger partial charge < -0.3 is 24.3 Å². The lowest BCUT2D eigenvalue weighted by molar-refractivity contribution is 0.0878. The van der Waals surface area contributed by atoms with E-state index in [9.17, 15) is 14.4 Å². The van der Waals surface area contributed by atoms with Crippen molar-refractivity contribution in [2.45, 2.75) is 64.4 Å². The number of amides is 2. The topological polar surface area (TPSA) is 148 Å². The van der Waals surface area contributed by atoms with E-state index in [4.69, 9.17) is 18.9 Å². The molecule has 46 heavy (non-hydrogen) atoms. The van der Waals surface area contributed by atoms with Gasteiger partial charge in [0, 0.05) is 31.1 Å². The number of aromatic nitrogens is 4. The molecule has 0 bridgehead atoms. The summed E-state index contributed by atoms with van der Waals surface area (Å²) in [6.45, 7) is 3.97. The fourth-order valence-corrected chi connectivity index (χ4v) is 5.40. The van der Waals surface area contributed by atoms with Crippen LogP contribution in [0.5, 0.6) is 17.2 Å². The van der Waals surface area contributed by atoms with Crippen molar-refractivity contribution in [3.05, 3.63) is 89.0 Å². The number of alkyl carbamates (subject to hydrolysis) is 1. The Kier molecular flexibility index (Phi) is 10.2. The number of ether oxygens (including phenoxy) is 4. The molecule has 2 unspecified atom stereocenters. The van der Waals surface area contributed by atoms with Crippen molar-refractivity contribution in [2.24, 2.45) is 7.05 Å². The molecule has 1 aliphatic rings. The Bertz CT molecular complexity index is 1670. The second-order valence-electron chi connectivity index (χ2n) is 11.3. The Morgan fingerprint density at radius 2 is 1.78 bits per heavy atom. The monoisotopic (exact) mass is 630 g/mol. The number of hydrogen-bond donors (Lipinski definition) is 2. The molecule has 0 spiro atoms. The van der Waals surface area contributed by atoms with Gasteiger partial charge in [-0.3, -0.25) is 14.3 Å². The minimum absolute atomic E-state index is 0.0280. The number of carbonyl (C=O) groups excluding carboxylic acids is 3. The lowest BCUT2D eigenvalue weighted by atomic mass is 10.0. The molecule has 1 saturated carbocycles. The van der Waals surface area contributed by atoms with Gasteiger partial charge in [0.25, 0.3) is 5.91 Å². The summed E-state index contributed by atoms with van der Waals surface area (Å²) < 4.78 is 24.5. The molecular weight excluding hydrogens is 592 g/mol. The molecule has 13 nitrogen and oxygen atoms in total. The van der Waals surface area contributed by atoms with Crippen molar-refractivity contribution in [3.8, 4) is 17.2 Å². The minimum Gasteiger partial charge on any atom is -0.496 e. The average molecular weight is 631 g/mol. The Hall–Kier alpha value is -5.33. The van der Waals surface area contributed by atoms with E-state index >= 15 is 0 Å². The first-order valence-corrected chi connectivity index (χ1v) is 15.1. The van der Waals surface area contributed by atoms with E-state index in [1.165, 1.54) is 16.6 Å². The number of carbonyl (C=O) groups is 3. The first kappa shape index (κ1) is 32.1. The lowest BCUT2D eigenvalue weighted by Crippen LogP contribution is -2.35. The Morgan fingerprint density at radius 1 is 1.04 bits per heavy atom. The molecule has 2 aromatic carbocycles. The van der Waals surface area contributed by atoms with Crippen LogP contribution in [0.3, 0.4) is 0 Å². The molecule has 2 heterocycles. The zero-order chi connectivity index (χ0) is 32.6. The van der Waals surface area contributed by atoms with Gasteiger partial charge in [-0.05, 0) is 50.8 Å². The van der Waals surface area contributed by atoms with Crippen LogP contribution < -0.4 is 25.0 Å². The SMILES string of the molecule is COc1cc(OCc2ccccc2)c(C=O)c(OCc2cc(C(=O)Nn3nccc3C3CCCC3OC(=O)NC(C)C)n(C)n2)c1. The van der Waals surface area contributed by atoms with E-state index < -0.39 is 12.0 Å². The number of methoxy groups -OCH3 is 1. The van der Waals surface area contributed by atoms with E-state index in [0.29, 0.717) is 23.5 Å². The van der Waals surface area contributed by atoms with Gasteiger partial charge in [0.15, 0.2) is 6.29 Å². The van der Waals surface area contributed by atoms with Crippen molar-refractivity contribution in [1.82, 2.24) is 25.0 Å². The van der Waals surface area contributed by atoms with Crippen molar-refractivity contribution in [3.63, 3.8) is 0 Å². The maximum atomic E-state index is 13.3. The molecule has 2 aromatic heterocycles. The van der Waals surface area contributed by atoms with Gasteiger partial charge in [-0.15, -0.1) is 0 Å². The van der Waals surface area contributed by atoms with Crippen LogP contribution in [0.2, 0.25) is 0 Å². The molecule has 0 saturated heterocycles. The second kappa shape index (κ2) is 14.6. The van der Waals surface area contributed by atoms with Gasteiger partial charge in [0.05, 0.1) is 24.6 Å². The standard InChI is InChI=1S/C33H38N6O7/c1-21(2)35-33(42)46-29-12-8-11-25(29)27-13-14-34-39(27)37-32(41)28-15-23(36-38(28)3)20-45-31-17-24(43-4)16-30(26(31)18-40)44-19-22-9-6-5-7-10-22/h5-7,9-10,13-18,21,25,29H,8,11-12,19-20H2,1-4H3,(H,35,42)(H,37,41). The highest BCUT2D eigenvalue weighted by molar-refractivity contribution is 5.98. The predicted octanol–water partition coefficient (Wildman–Crippen LogP) is 4.75. The van der Waals surface area contributed by atoms with E-state index in [2.05, 4.69) is 20.9 Å². The van der Waals surface area contributed by atoms with Crippen molar-refractivity contribution in [1.29, 1.82) is 0 Å². The lowest BCUT2D eigenvalue weighted by Gasteiger charge is -2.22. The Balaban J connectivity index is 1.26. The van der Waals surface area contributed by atoms with Crippen LogP contribution in [0, 0.1) is 0 Å². The highest BCUT2D eigenvalue weighted by atomic mass is 16.6. The number of nitrogens with zero attached hydrogens (tertiary/aromatic N) is 4. The van der Waals surface area contributed by atoms with E-state index in [-0.39, 0.29) is 48.3 Å². The van der Waals surface area contributed by atoms with Gasteiger partial charge in [0.1, 0.15) is 48.0 Å². The number of nitrogens with one attached hydrogen (secondary N) is 2. The molecule has 2 N–H and O–H groups in total. The predicted molar refractivity (Wildman–Crippen MR) is 168 cm³/mol. The molecule has 2 amide bonds. The van der Waals surface area contributed by atoms with Crippen LogP contribution in [0.25, 0.3) is 0 Å². The van der Waals surface area contributed by atoms with Gasteiger partial charge >= 0.3 is 6.09 Å². The number of hydrogen-bond acceptors (Lipinski definition) is 9. The van der Waals surface area contributed by atoms with Crippen LogP contribution in [0.15, 0.2) is 60.8 Å². The smallest absolute Gasteiger partial charge is 0.407 e. The summed E-state index contributed by atoms with van der Waals surface area (Å²) >= 11 is 0. The molecule has 5 rings (SSSR count). The molecular formula is C33H38N6O7. The van der Waals surface area contributed by atoms with Crippen molar-refractivity contribution >= 4 is 18.3 Å².